The molecule has 0 radical (unpaired) electrons. The van der Waals surface area contributed by atoms with E-state index >= 15 is 0 Å². The van der Waals surface area contributed by atoms with E-state index in [1.165, 1.54) is 0 Å². The molecular weight excluding hydrogens is 336 g/mol. The first-order valence-electron chi connectivity index (χ1n) is 9.50. The molecule has 4 nitrogen and oxygen atoms in total. The summed E-state index contributed by atoms with van der Waals surface area (Å²) in [6.45, 7) is 11.4. The zero-order chi connectivity index (χ0) is 19.9. The standard InChI is InChI=1S/C23H28N2O2/c1-14(2)24(6)11-12-25-21-9-7-18(16(4)26)13-20(21)23-15(3)19(17(5)27)8-10-22(23)25/h7-10,13-14H,11-12H2,1-6H3. The Bertz CT molecular complexity index is 1040. The number of Topliss-reactive ketones (excluding diaryl/α,β-unsaturated/α-hetero) is 2. The van der Waals surface area contributed by atoms with Crippen molar-refractivity contribution in [3.8, 4) is 0 Å². The van der Waals surface area contributed by atoms with Gasteiger partial charge in [-0.25, -0.2) is 0 Å². The van der Waals surface area contributed by atoms with Crippen LogP contribution in [0.1, 0.15) is 54.0 Å². The molecule has 0 amide bonds. The van der Waals surface area contributed by atoms with Crippen molar-refractivity contribution >= 4 is 33.4 Å². The molecule has 4 heteroatoms. The van der Waals surface area contributed by atoms with Gasteiger partial charge in [0, 0.05) is 52.1 Å². The van der Waals surface area contributed by atoms with E-state index in [0.29, 0.717) is 11.6 Å². The predicted molar refractivity (Wildman–Crippen MR) is 112 cm³/mol. The molecule has 0 aliphatic heterocycles. The average Bonchev–Trinajstić information content (AvgIpc) is 2.93. The SMILES string of the molecule is CC(=O)c1ccc2c(c1)c1c(C)c(C(C)=O)ccc1n2CCN(C)C(C)C. The number of ketones is 2. The molecule has 2 aromatic carbocycles. The van der Waals surface area contributed by atoms with Crippen LogP contribution in [-0.4, -0.2) is 40.7 Å². The second-order valence-corrected chi connectivity index (χ2v) is 7.70. The van der Waals surface area contributed by atoms with Gasteiger partial charge in [-0.2, -0.15) is 0 Å². The Labute approximate surface area is 160 Å². The Kier molecular flexibility index (Phi) is 5.20. The first kappa shape index (κ1) is 19.3. The topological polar surface area (TPSA) is 42.3 Å². The molecule has 1 heterocycles. The number of aryl methyl sites for hydroxylation is 1. The fourth-order valence-electron chi connectivity index (χ4n) is 3.72. The number of hydrogen-bond donors (Lipinski definition) is 0. The molecule has 0 bridgehead atoms. The Hall–Kier alpha value is -2.46. The molecule has 0 saturated heterocycles. The van der Waals surface area contributed by atoms with Gasteiger partial charge in [-0.3, -0.25) is 9.59 Å². The minimum Gasteiger partial charge on any atom is -0.339 e. The van der Waals surface area contributed by atoms with E-state index in [9.17, 15) is 9.59 Å². The minimum absolute atomic E-state index is 0.0534. The molecule has 1 aromatic heterocycles. The smallest absolute Gasteiger partial charge is 0.160 e. The molecule has 0 aliphatic carbocycles. The zero-order valence-electron chi connectivity index (χ0n) is 17.1. The number of benzene rings is 2. The van der Waals surface area contributed by atoms with Crippen LogP contribution in [0.3, 0.4) is 0 Å². The van der Waals surface area contributed by atoms with E-state index in [-0.39, 0.29) is 11.6 Å². The van der Waals surface area contributed by atoms with Crippen molar-refractivity contribution in [2.75, 3.05) is 13.6 Å². The first-order chi connectivity index (χ1) is 12.7. The van der Waals surface area contributed by atoms with Gasteiger partial charge in [-0.15, -0.1) is 0 Å². The number of aromatic nitrogens is 1. The van der Waals surface area contributed by atoms with E-state index in [0.717, 1.165) is 46.0 Å². The van der Waals surface area contributed by atoms with Crippen molar-refractivity contribution in [2.45, 2.75) is 47.2 Å². The van der Waals surface area contributed by atoms with Gasteiger partial charge in [0.2, 0.25) is 0 Å². The highest BCUT2D eigenvalue weighted by Gasteiger charge is 2.17. The van der Waals surface area contributed by atoms with Gasteiger partial charge >= 0.3 is 0 Å². The monoisotopic (exact) mass is 364 g/mol. The number of carbonyl (C=O) groups excluding carboxylic acids is 2. The van der Waals surface area contributed by atoms with Gasteiger partial charge in [0.1, 0.15) is 0 Å². The van der Waals surface area contributed by atoms with Crippen molar-refractivity contribution in [1.29, 1.82) is 0 Å². The van der Waals surface area contributed by atoms with Crippen molar-refractivity contribution in [2.24, 2.45) is 0 Å². The number of likely N-dealkylation sites (N-methyl/N-ethyl adjacent to an activating group) is 1. The van der Waals surface area contributed by atoms with Gasteiger partial charge < -0.3 is 9.47 Å². The van der Waals surface area contributed by atoms with Crippen LogP contribution in [0.15, 0.2) is 30.3 Å². The molecule has 0 aliphatic rings. The van der Waals surface area contributed by atoms with Gasteiger partial charge in [0.25, 0.3) is 0 Å². The number of nitrogens with zero attached hydrogens (tertiary/aromatic N) is 2. The van der Waals surface area contributed by atoms with Crippen LogP contribution < -0.4 is 0 Å². The minimum atomic E-state index is 0.0534. The lowest BCUT2D eigenvalue weighted by Gasteiger charge is -2.21. The summed E-state index contributed by atoms with van der Waals surface area (Å²) in [4.78, 5) is 26.3. The third kappa shape index (κ3) is 3.42. The van der Waals surface area contributed by atoms with E-state index < -0.39 is 0 Å². The first-order valence-corrected chi connectivity index (χ1v) is 9.50. The molecule has 142 valence electrons. The lowest BCUT2D eigenvalue weighted by atomic mass is 9.98. The summed E-state index contributed by atoms with van der Waals surface area (Å²) in [5, 5.41) is 2.12. The molecule has 0 N–H and O–H groups in total. The van der Waals surface area contributed by atoms with Crippen molar-refractivity contribution in [1.82, 2.24) is 9.47 Å². The Morgan fingerprint density at radius 2 is 1.70 bits per heavy atom. The lowest BCUT2D eigenvalue weighted by molar-refractivity contribution is 0.100. The summed E-state index contributed by atoms with van der Waals surface area (Å²) in [6, 6.07) is 10.4. The molecule has 3 aromatic rings. The van der Waals surface area contributed by atoms with E-state index in [1.807, 2.05) is 37.3 Å². The van der Waals surface area contributed by atoms with Crippen molar-refractivity contribution < 1.29 is 9.59 Å². The summed E-state index contributed by atoms with van der Waals surface area (Å²) in [5.41, 5.74) is 4.66. The van der Waals surface area contributed by atoms with Crippen LogP contribution in [0.25, 0.3) is 21.8 Å². The van der Waals surface area contributed by atoms with Gasteiger partial charge in [-0.1, -0.05) is 0 Å². The maximum atomic E-state index is 12.1. The Morgan fingerprint density at radius 3 is 2.30 bits per heavy atom. The molecule has 27 heavy (non-hydrogen) atoms. The van der Waals surface area contributed by atoms with Crippen molar-refractivity contribution in [3.63, 3.8) is 0 Å². The fourth-order valence-corrected chi connectivity index (χ4v) is 3.72. The molecule has 0 atom stereocenters. The molecular formula is C23H28N2O2. The Balaban J connectivity index is 2.28. The van der Waals surface area contributed by atoms with Crippen LogP contribution in [0.4, 0.5) is 0 Å². The van der Waals surface area contributed by atoms with E-state index in [2.05, 4.69) is 30.4 Å². The maximum Gasteiger partial charge on any atom is 0.160 e. The van der Waals surface area contributed by atoms with E-state index in [1.54, 1.807) is 13.8 Å². The largest absolute Gasteiger partial charge is 0.339 e. The highest BCUT2D eigenvalue weighted by atomic mass is 16.1. The molecule has 0 fully saturated rings. The highest BCUT2D eigenvalue weighted by molar-refractivity contribution is 6.14. The number of carbonyl (C=O) groups is 2. The summed E-state index contributed by atoms with van der Waals surface area (Å²) < 4.78 is 2.31. The normalized spacial score (nSPS) is 11.9. The lowest BCUT2D eigenvalue weighted by Crippen LogP contribution is -2.29. The van der Waals surface area contributed by atoms with Gasteiger partial charge in [0.15, 0.2) is 11.6 Å². The third-order valence-electron chi connectivity index (χ3n) is 5.63. The van der Waals surface area contributed by atoms with Crippen LogP contribution in [0, 0.1) is 6.92 Å². The van der Waals surface area contributed by atoms with Crippen LogP contribution in [-0.2, 0) is 6.54 Å². The second-order valence-electron chi connectivity index (χ2n) is 7.70. The molecule has 0 saturated carbocycles. The number of hydrogen-bond acceptors (Lipinski definition) is 3. The van der Waals surface area contributed by atoms with E-state index in [4.69, 9.17) is 0 Å². The highest BCUT2D eigenvalue weighted by Crippen LogP contribution is 2.34. The summed E-state index contributed by atoms with van der Waals surface area (Å²) in [5.74, 6) is 0.121. The summed E-state index contributed by atoms with van der Waals surface area (Å²) >= 11 is 0. The molecule has 3 rings (SSSR count). The number of fused-ring (bicyclic) bond motifs is 3. The summed E-state index contributed by atoms with van der Waals surface area (Å²) in [7, 11) is 2.13. The average molecular weight is 364 g/mol. The van der Waals surface area contributed by atoms with Crippen molar-refractivity contribution in [3.05, 3.63) is 47.0 Å². The third-order valence-corrected chi connectivity index (χ3v) is 5.63. The molecule has 0 unspecified atom stereocenters. The summed E-state index contributed by atoms with van der Waals surface area (Å²) in [6.07, 6.45) is 0. The van der Waals surface area contributed by atoms with Crippen LogP contribution in [0.5, 0.6) is 0 Å². The fraction of sp³-hybridized carbons (Fsp3) is 0.391. The van der Waals surface area contributed by atoms with Crippen LogP contribution in [0.2, 0.25) is 0 Å². The molecule has 0 spiro atoms. The van der Waals surface area contributed by atoms with Crippen LogP contribution >= 0.6 is 0 Å². The maximum absolute atomic E-state index is 12.1. The Morgan fingerprint density at radius 1 is 1.04 bits per heavy atom. The van der Waals surface area contributed by atoms with Gasteiger partial charge in [-0.05, 0) is 77.6 Å². The van der Waals surface area contributed by atoms with Gasteiger partial charge in [0.05, 0.1) is 0 Å². The zero-order valence-corrected chi connectivity index (χ0v) is 17.1. The quantitative estimate of drug-likeness (QED) is 0.587. The predicted octanol–water partition coefficient (Wildman–Crippen LogP) is 4.85. The number of rotatable bonds is 6. The second kappa shape index (κ2) is 7.28.